The van der Waals surface area contributed by atoms with E-state index in [0.29, 0.717) is 16.9 Å². The largest absolute Gasteiger partial charge is 0.496 e. The average molecular weight is 382 g/mol. The highest BCUT2D eigenvalue weighted by molar-refractivity contribution is 6.08. The summed E-state index contributed by atoms with van der Waals surface area (Å²) >= 11 is 0. The van der Waals surface area contributed by atoms with Crippen LogP contribution in [0.4, 0.5) is 4.79 Å². The van der Waals surface area contributed by atoms with Gasteiger partial charge in [-0.2, -0.15) is 0 Å². The molecule has 28 heavy (non-hydrogen) atoms. The lowest BCUT2D eigenvalue weighted by Crippen LogP contribution is -2.41. The van der Waals surface area contributed by atoms with Crippen LogP contribution in [0.15, 0.2) is 48.5 Å². The molecule has 7 heteroatoms. The van der Waals surface area contributed by atoms with Crippen LogP contribution in [0.2, 0.25) is 0 Å². The predicted molar refractivity (Wildman–Crippen MR) is 102 cm³/mol. The van der Waals surface area contributed by atoms with E-state index in [-0.39, 0.29) is 6.61 Å². The summed E-state index contributed by atoms with van der Waals surface area (Å²) in [5.74, 6) is -0.574. The number of carbonyl (C=O) groups is 3. The van der Waals surface area contributed by atoms with Crippen LogP contribution in [0.1, 0.15) is 23.6 Å². The molecule has 1 aliphatic heterocycles. The van der Waals surface area contributed by atoms with Crippen molar-refractivity contribution in [3.8, 4) is 5.75 Å². The van der Waals surface area contributed by atoms with E-state index in [9.17, 15) is 14.4 Å². The van der Waals surface area contributed by atoms with Gasteiger partial charge in [-0.3, -0.25) is 14.5 Å². The second-order valence-corrected chi connectivity index (χ2v) is 6.79. The number of aryl methyl sites for hydroxylation is 1. The number of methoxy groups -OCH3 is 1. The van der Waals surface area contributed by atoms with Gasteiger partial charge in [-0.25, -0.2) is 4.79 Å². The maximum Gasteiger partial charge on any atom is 0.326 e. The molecule has 0 spiro atoms. The van der Waals surface area contributed by atoms with Crippen molar-refractivity contribution in [1.29, 1.82) is 0 Å². The highest BCUT2D eigenvalue weighted by atomic mass is 16.5. The first-order valence-corrected chi connectivity index (χ1v) is 8.84. The van der Waals surface area contributed by atoms with E-state index in [1.54, 1.807) is 37.3 Å². The van der Waals surface area contributed by atoms with Gasteiger partial charge in [0, 0.05) is 5.56 Å². The van der Waals surface area contributed by atoms with Crippen LogP contribution < -0.4 is 10.1 Å². The number of esters is 1. The van der Waals surface area contributed by atoms with E-state index in [1.165, 1.54) is 7.11 Å². The summed E-state index contributed by atoms with van der Waals surface area (Å²) in [5.41, 5.74) is 1.18. The molecule has 146 valence electrons. The Morgan fingerprint density at radius 2 is 1.79 bits per heavy atom. The molecule has 1 heterocycles. The SMILES string of the molecule is COc1ccccc1COC(=O)CN1C(=O)NC(C)(c2ccc(C)cc2)C1=O. The monoisotopic (exact) mass is 382 g/mol. The number of nitrogens with one attached hydrogen (secondary N) is 1. The number of rotatable bonds is 6. The summed E-state index contributed by atoms with van der Waals surface area (Å²) < 4.78 is 10.4. The van der Waals surface area contributed by atoms with Crippen molar-refractivity contribution in [2.24, 2.45) is 0 Å². The minimum absolute atomic E-state index is 0.0122. The Labute approximate surface area is 163 Å². The van der Waals surface area contributed by atoms with Crippen molar-refractivity contribution >= 4 is 17.9 Å². The quantitative estimate of drug-likeness (QED) is 0.613. The van der Waals surface area contributed by atoms with E-state index in [1.807, 2.05) is 25.1 Å². The molecule has 3 rings (SSSR count). The lowest BCUT2D eigenvalue weighted by Gasteiger charge is -2.22. The molecule has 1 aliphatic rings. The lowest BCUT2D eigenvalue weighted by molar-refractivity contribution is -0.148. The molecule has 0 aliphatic carbocycles. The lowest BCUT2D eigenvalue weighted by atomic mass is 9.91. The fraction of sp³-hybridized carbons (Fsp3) is 0.286. The van der Waals surface area contributed by atoms with Gasteiger partial charge in [-0.05, 0) is 25.5 Å². The van der Waals surface area contributed by atoms with E-state index in [0.717, 1.165) is 10.5 Å². The molecule has 3 amide bonds. The van der Waals surface area contributed by atoms with E-state index in [2.05, 4.69) is 5.32 Å². The first kappa shape index (κ1) is 19.4. The number of amides is 3. The number of nitrogens with zero attached hydrogens (tertiary/aromatic N) is 1. The fourth-order valence-electron chi connectivity index (χ4n) is 3.08. The number of para-hydroxylation sites is 1. The van der Waals surface area contributed by atoms with Crippen molar-refractivity contribution in [3.63, 3.8) is 0 Å². The predicted octanol–water partition coefficient (Wildman–Crippen LogP) is 2.51. The smallest absolute Gasteiger partial charge is 0.326 e. The fourth-order valence-corrected chi connectivity index (χ4v) is 3.08. The van der Waals surface area contributed by atoms with Gasteiger partial charge in [0.05, 0.1) is 7.11 Å². The van der Waals surface area contributed by atoms with Gasteiger partial charge in [-0.15, -0.1) is 0 Å². The number of carbonyl (C=O) groups excluding carboxylic acids is 3. The van der Waals surface area contributed by atoms with E-state index in [4.69, 9.17) is 9.47 Å². The zero-order chi connectivity index (χ0) is 20.3. The minimum Gasteiger partial charge on any atom is -0.496 e. The van der Waals surface area contributed by atoms with Gasteiger partial charge < -0.3 is 14.8 Å². The highest BCUT2D eigenvalue weighted by Crippen LogP contribution is 2.29. The molecule has 7 nitrogen and oxygen atoms in total. The second-order valence-electron chi connectivity index (χ2n) is 6.79. The topological polar surface area (TPSA) is 84.9 Å². The Bertz CT molecular complexity index is 909. The van der Waals surface area contributed by atoms with E-state index < -0.39 is 30.0 Å². The number of urea groups is 1. The normalized spacial score (nSPS) is 18.8. The number of ether oxygens (including phenoxy) is 2. The summed E-state index contributed by atoms with van der Waals surface area (Å²) in [6.45, 7) is 3.09. The molecule has 1 N–H and O–H groups in total. The van der Waals surface area contributed by atoms with Crippen LogP contribution in [-0.4, -0.2) is 36.5 Å². The Hall–Kier alpha value is -3.35. The van der Waals surface area contributed by atoms with Gasteiger partial charge in [0.15, 0.2) is 0 Å². The third-order valence-electron chi connectivity index (χ3n) is 4.77. The number of hydrogen-bond donors (Lipinski definition) is 1. The molecule has 0 bridgehead atoms. The maximum absolute atomic E-state index is 12.8. The van der Waals surface area contributed by atoms with Crippen molar-refractivity contribution in [3.05, 3.63) is 65.2 Å². The van der Waals surface area contributed by atoms with E-state index >= 15 is 0 Å². The number of imide groups is 1. The molecule has 1 unspecified atom stereocenters. The average Bonchev–Trinajstić information content (AvgIpc) is 2.91. The van der Waals surface area contributed by atoms with Crippen molar-refractivity contribution in [2.75, 3.05) is 13.7 Å². The van der Waals surface area contributed by atoms with Crippen LogP contribution in [0.5, 0.6) is 5.75 Å². The number of benzene rings is 2. The first-order valence-electron chi connectivity index (χ1n) is 8.84. The molecular formula is C21H22N2O5. The molecule has 0 saturated carbocycles. The first-order chi connectivity index (χ1) is 13.3. The van der Waals surface area contributed by atoms with Gasteiger partial charge in [0.1, 0.15) is 24.4 Å². The summed E-state index contributed by atoms with van der Waals surface area (Å²) in [5, 5.41) is 2.67. The second kappa shape index (κ2) is 7.72. The molecular weight excluding hydrogens is 360 g/mol. The maximum atomic E-state index is 12.8. The van der Waals surface area contributed by atoms with Gasteiger partial charge in [0.2, 0.25) is 0 Å². The van der Waals surface area contributed by atoms with Gasteiger partial charge in [-0.1, -0.05) is 48.0 Å². The van der Waals surface area contributed by atoms with Crippen molar-refractivity contribution in [1.82, 2.24) is 10.2 Å². The highest BCUT2D eigenvalue weighted by Gasteiger charge is 2.49. The molecule has 2 aromatic rings. The van der Waals surface area contributed by atoms with Crippen LogP contribution in [0.25, 0.3) is 0 Å². The molecule has 2 aromatic carbocycles. The number of hydrogen-bond acceptors (Lipinski definition) is 5. The van der Waals surface area contributed by atoms with Gasteiger partial charge in [0.25, 0.3) is 5.91 Å². The van der Waals surface area contributed by atoms with Crippen LogP contribution in [0, 0.1) is 6.92 Å². The third-order valence-corrected chi connectivity index (χ3v) is 4.77. The summed E-state index contributed by atoms with van der Waals surface area (Å²) in [6.07, 6.45) is 0. The molecule has 1 fully saturated rings. The van der Waals surface area contributed by atoms with Gasteiger partial charge >= 0.3 is 12.0 Å². The zero-order valence-corrected chi connectivity index (χ0v) is 16.0. The Kier molecular flexibility index (Phi) is 5.35. The molecule has 1 saturated heterocycles. The van der Waals surface area contributed by atoms with Crippen LogP contribution >= 0.6 is 0 Å². The summed E-state index contributed by atoms with van der Waals surface area (Å²) in [4.78, 5) is 38.3. The summed E-state index contributed by atoms with van der Waals surface area (Å²) in [7, 11) is 1.53. The Morgan fingerprint density at radius 3 is 2.46 bits per heavy atom. The minimum atomic E-state index is -1.21. The zero-order valence-electron chi connectivity index (χ0n) is 16.0. The third kappa shape index (κ3) is 3.69. The Balaban J connectivity index is 1.67. The molecule has 0 radical (unpaired) electrons. The van der Waals surface area contributed by atoms with Crippen molar-refractivity contribution < 1.29 is 23.9 Å². The van der Waals surface area contributed by atoms with Crippen LogP contribution in [-0.2, 0) is 26.5 Å². The van der Waals surface area contributed by atoms with Crippen molar-refractivity contribution in [2.45, 2.75) is 26.0 Å². The summed E-state index contributed by atoms with van der Waals surface area (Å²) in [6, 6.07) is 13.8. The molecule has 1 atom stereocenters. The molecule has 0 aromatic heterocycles. The van der Waals surface area contributed by atoms with Crippen LogP contribution in [0.3, 0.4) is 0 Å². The standard InChI is InChI=1S/C21H22N2O5/c1-14-8-10-16(11-9-14)21(2)19(25)23(20(26)22-21)12-18(24)28-13-15-6-4-5-7-17(15)27-3/h4-11H,12-13H2,1-3H3,(H,22,26). The Morgan fingerprint density at radius 1 is 1.11 bits per heavy atom.